The van der Waals surface area contributed by atoms with Gasteiger partial charge in [0.2, 0.25) is 0 Å². The Balaban J connectivity index is 1.85. The van der Waals surface area contributed by atoms with E-state index in [1.165, 1.54) is 0 Å². The van der Waals surface area contributed by atoms with Crippen molar-refractivity contribution >= 4 is 29.2 Å². The quantitative estimate of drug-likeness (QED) is 0.765. The fraction of sp³-hybridized carbons (Fsp3) is 0.562. The van der Waals surface area contributed by atoms with Gasteiger partial charge in [-0.25, -0.2) is 4.79 Å². The van der Waals surface area contributed by atoms with Gasteiger partial charge in [0, 0.05) is 29.7 Å². The molecule has 0 aliphatic carbocycles. The molecule has 1 unspecified atom stereocenters. The predicted octanol–water partition coefficient (Wildman–Crippen LogP) is 3.51. The summed E-state index contributed by atoms with van der Waals surface area (Å²) in [5.74, 6) is 0.170. The standard InChI is InChI=1S/C16H21Cl2NO3/c1-11(2)8-19-3-4-21-15(9-19)10-22-16(20)12-5-13(17)7-14(18)6-12/h5-7,11,15H,3-4,8-10H2,1-2H3. The fourth-order valence-electron chi connectivity index (χ4n) is 2.49. The molecular weight excluding hydrogens is 325 g/mol. The summed E-state index contributed by atoms with van der Waals surface area (Å²) in [6.45, 7) is 8.00. The Morgan fingerprint density at radius 1 is 1.36 bits per heavy atom. The number of hydrogen-bond donors (Lipinski definition) is 0. The molecule has 1 aromatic rings. The number of halogens is 2. The van der Waals surface area contributed by atoms with E-state index in [0.29, 0.717) is 28.1 Å². The molecule has 2 rings (SSSR count). The third-order valence-corrected chi connectivity index (χ3v) is 3.78. The molecule has 1 aromatic carbocycles. The van der Waals surface area contributed by atoms with Crippen LogP contribution in [0.3, 0.4) is 0 Å². The number of hydrogen-bond acceptors (Lipinski definition) is 4. The summed E-state index contributed by atoms with van der Waals surface area (Å²) < 4.78 is 11.0. The van der Waals surface area contributed by atoms with Crippen LogP contribution in [0.25, 0.3) is 0 Å². The lowest BCUT2D eigenvalue weighted by atomic mass is 10.2. The highest BCUT2D eigenvalue weighted by Gasteiger charge is 2.22. The van der Waals surface area contributed by atoms with Crippen LogP contribution < -0.4 is 0 Å². The zero-order valence-electron chi connectivity index (χ0n) is 12.9. The molecule has 0 bridgehead atoms. The Bertz CT molecular complexity index is 502. The normalized spacial score (nSPS) is 19.4. The Morgan fingerprint density at radius 2 is 2.05 bits per heavy atom. The van der Waals surface area contributed by atoms with Gasteiger partial charge < -0.3 is 9.47 Å². The summed E-state index contributed by atoms with van der Waals surface area (Å²) in [5, 5.41) is 0.827. The number of nitrogens with zero attached hydrogens (tertiary/aromatic N) is 1. The highest BCUT2D eigenvalue weighted by Crippen LogP contribution is 2.20. The summed E-state index contributed by atoms with van der Waals surface area (Å²) in [4.78, 5) is 14.4. The Morgan fingerprint density at radius 3 is 2.68 bits per heavy atom. The minimum absolute atomic E-state index is 0.0916. The van der Waals surface area contributed by atoms with E-state index < -0.39 is 5.97 Å². The maximum Gasteiger partial charge on any atom is 0.338 e. The van der Waals surface area contributed by atoms with E-state index in [9.17, 15) is 4.79 Å². The maximum atomic E-state index is 12.0. The van der Waals surface area contributed by atoms with Crippen molar-refractivity contribution in [3.05, 3.63) is 33.8 Å². The van der Waals surface area contributed by atoms with Crippen molar-refractivity contribution in [1.82, 2.24) is 4.90 Å². The van der Waals surface area contributed by atoms with Gasteiger partial charge in [0.25, 0.3) is 0 Å². The molecule has 1 saturated heterocycles. The van der Waals surface area contributed by atoms with Gasteiger partial charge in [-0.1, -0.05) is 37.0 Å². The number of morpholine rings is 1. The van der Waals surface area contributed by atoms with Crippen LogP contribution in [0, 0.1) is 5.92 Å². The zero-order chi connectivity index (χ0) is 16.1. The number of benzene rings is 1. The van der Waals surface area contributed by atoms with E-state index in [1.807, 2.05) is 0 Å². The SMILES string of the molecule is CC(C)CN1CCOC(COC(=O)c2cc(Cl)cc(Cl)c2)C1. The number of carbonyl (C=O) groups is 1. The highest BCUT2D eigenvalue weighted by molar-refractivity contribution is 6.35. The van der Waals surface area contributed by atoms with Gasteiger partial charge in [-0.2, -0.15) is 0 Å². The van der Waals surface area contributed by atoms with E-state index in [4.69, 9.17) is 32.7 Å². The van der Waals surface area contributed by atoms with Gasteiger partial charge in [0.1, 0.15) is 12.7 Å². The number of rotatable bonds is 5. The van der Waals surface area contributed by atoms with Gasteiger partial charge >= 0.3 is 5.97 Å². The molecule has 1 aliphatic heterocycles. The third kappa shape index (κ3) is 5.43. The van der Waals surface area contributed by atoms with Crippen LogP contribution in [0.4, 0.5) is 0 Å². The van der Waals surface area contributed by atoms with Gasteiger partial charge in [0.05, 0.1) is 12.2 Å². The van der Waals surface area contributed by atoms with Crippen molar-refractivity contribution in [1.29, 1.82) is 0 Å². The van der Waals surface area contributed by atoms with E-state index in [2.05, 4.69) is 18.7 Å². The van der Waals surface area contributed by atoms with Crippen LogP contribution in [0.15, 0.2) is 18.2 Å². The first-order chi connectivity index (χ1) is 10.4. The Kier molecular flexibility index (Phi) is 6.50. The van der Waals surface area contributed by atoms with Crippen molar-refractivity contribution in [3.8, 4) is 0 Å². The predicted molar refractivity (Wildman–Crippen MR) is 87.8 cm³/mol. The van der Waals surface area contributed by atoms with Gasteiger partial charge in [0.15, 0.2) is 0 Å². The average molecular weight is 346 g/mol. The molecule has 4 nitrogen and oxygen atoms in total. The lowest BCUT2D eigenvalue weighted by Gasteiger charge is -2.33. The highest BCUT2D eigenvalue weighted by atomic mass is 35.5. The molecular formula is C16H21Cl2NO3. The summed E-state index contributed by atoms with van der Waals surface area (Å²) >= 11 is 11.8. The van der Waals surface area contributed by atoms with Crippen LogP contribution in [0.2, 0.25) is 10.0 Å². The zero-order valence-corrected chi connectivity index (χ0v) is 14.4. The monoisotopic (exact) mass is 345 g/mol. The lowest BCUT2D eigenvalue weighted by molar-refractivity contribution is -0.0612. The second-order valence-electron chi connectivity index (χ2n) is 5.90. The summed E-state index contributed by atoms with van der Waals surface area (Å²) in [7, 11) is 0. The first-order valence-electron chi connectivity index (χ1n) is 7.41. The maximum absolute atomic E-state index is 12.0. The molecule has 1 atom stereocenters. The van der Waals surface area contributed by atoms with E-state index in [-0.39, 0.29) is 12.7 Å². The number of esters is 1. The van der Waals surface area contributed by atoms with Crippen LogP contribution in [-0.4, -0.2) is 49.8 Å². The average Bonchev–Trinajstić information content (AvgIpc) is 2.43. The van der Waals surface area contributed by atoms with Crippen molar-refractivity contribution in [2.45, 2.75) is 20.0 Å². The van der Waals surface area contributed by atoms with Gasteiger partial charge in [-0.05, 0) is 24.1 Å². The first-order valence-corrected chi connectivity index (χ1v) is 8.17. The molecule has 0 N–H and O–H groups in total. The molecule has 22 heavy (non-hydrogen) atoms. The van der Waals surface area contributed by atoms with E-state index in [0.717, 1.165) is 19.6 Å². The van der Waals surface area contributed by atoms with Crippen molar-refractivity contribution in [2.75, 3.05) is 32.8 Å². The number of ether oxygens (including phenoxy) is 2. The molecule has 0 spiro atoms. The molecule has 6 heteroatoms. The van der Waals surface area contributed by atoms with Gasteiger partial charge in [-0.3, -0.25) is 4.90 Å². The van der Waals surface area contributed by atoms with E-state index in [1.54, 1.807) is 18.2 Å². The van der Waals surface area contributed by atoms with Crippen LogP contribution in [0.1, 0.15) is 24.2 Å². The summed E-state index contributed by atoms with van der Waals surface area (Å²) in [6.07, 6.45) is -0.0916. The minimum Gasteiger partial charge on any atom is -0.459 e. The topological polar surface area (TPSA) is 38.8 Å². The molecule has 0 saturated carbocycles. The molecule has 122 valence electrons. The Hall–Kier alpha value is -0.810. The van der Waals surface area contributed by atoms with E-state index >= 15 is 0 Å². The molecule has 0 aromatic heterocycles. The molecule has 0 radical (unpaired) electrons. The largest absolute Gasteiger partial charge is 0.459 e. The summed E-state index contributed by atoms with van der Waals surface area (Å²) in [5.41, 5.74) is 0.354. The van der Waals surface area contributed by atoms with Crippen molar-refractivity contribution in [2.24, 2.45) is 5.92 Å². The van der Waals surface area contributed by atoms with Crippen molar-refractivity contribution in [3.63, 3.8) is 0 Å². The molecule has 0 amide bonds. The second kappa shape index (κ2) is 8.16. The van der Waals surface area contributed by atoms with Crippen LogP contribution >= 0.6 is 23.2 Å². The second-order valence-corrected chi connectivity index (χ2v) is 6.78. The van der Waals surface area contributed by atoms with Crippen molar-refractivity contribution < 1.29 is 14.3 Å². The van der Waals surface area contributed by atoms with Crippen LogP contribution in [0.5, 0.6) is 0 Å². The smallest absolute Gasteiger partial charge is 0.338 e. The molecule has 1 fully saturated rings. The molecule has 1 heterocycles. The minimum atomic E-state index is -0.436. The third-order valence-electron chi connectivity index (χ3n) is 3.34. The number of carbonyl (C=O) groups excluding carboxylic acids is 1. The lowest BCUT2D eigenvalue weighted by Crippen LogP contribution is -2.45. The van der Waals surface area contributed by atoms with Crippen LogP contribution in [-0.2, 0) is 9.47 Å². The van der Waals surface area contributed by atoms with Gasteiger partial charge in [-0.15, -0.1) is 0 Å². The first kappa shape index (κ1) is 17.5. The summed E-state index contributed by atoms with van der Waals surface area (Å²) in [6, 6.07) is 4.67. The molecule has 1 aliphatic rings. The Labute approximate surface area is 141 Å². The fourth-order valence-corrected chi connectivity index (χ4v) is 3.01.